The first-order chi connectivity index (χ1) is 8.31. The number of hydrogen-bond donors (Lipinski definition) is 1. The number of rotatable bonds is 9. The van der Waals surface area contributed by atoms with Crippen LogP contribution in [-0.2, 0) is 13.0 Å². The molecule has 0 saturated heterocycles. The summed E-state index contributed by atoms with van der Waals surface area (Å²) in [4.78, 5) is 4.31. The molecular weight excluding hydrogens is 212 g/mol. The molecular formula is C13H26N4. The normalized spacial score (nSPS) is 12.9. The van der Waals surface area contributed by atoms with Crippen molar-refractivity contribution in [3.8, 4) is 0 Å². The molecule has 1 aromatic heterocycles. The maximum Gasteiger partial charge on any atom is 0.138 e. The van der Waals surface area contributed by atoms with Crippen LogP contribution in [0.3, 0.4) is 0 Å². The molecule has 0 radical (unpaired) electrons. The number of nitrogens with zero attached hydrogens (tertiary/aromatic N) is 3. The van der Waals surface area contributed by atoms with Crippen LogP contribution in [0.15, 0.2) is 6.33 Å². The average molecular weight is 238 g/mol. The molecule has 98 valence electrons. The van der Waals surface area contributed by atoms with Crippen LogP contribution in [0.4, 0.5) is 0 Å². The van der Waals surface area contributed by atoms with Gasteiger partial charge >= 0.3 is 0 Å². The van der Waals surface area contributed by atoms with Crippen molar-refractivity contribution in [2.24, 2.45) is 0 Å². The van der Waals surface area contributed by atoms with Gasteiger partial charge in [-0.3, -0.25) is 4.68 Å². The third-order valence-electron chi connectivity index (χ3n) is 3.08. The van der Waals surface area contributed by atoms with Crippen molar-refractivity contribution in [1.82, 2.24) is 20.1 Å². The van der Waals surface area contributed by atoms with Crippen LogP contribution in [0.1, 0.15) is 52.3 Å². The number of aryl methyl sites for hydroxylation is 2. The highest BCUT2D eigenvalue weighted by Crippen LogP contribution is 2.08. The van der Waals surface area contributed by atoms with Gasteiger partial charge in [-0.2, -0.15) is 5.10 Å². The van der Waals surface area contributed by atoms with Gasteiger partial charge in [0.25, 0.3) is 0 Å². The number of hydrogen-bond acceptors (Lipinski definition) is 3. The predicted octanol–water partition coefficient (Wildman–Crippen LogP) is 2.40. The van der Waals surface area contributed by atoms with E-state index in [-0.39, 0.29) is 0 Å². The summed E-state index contributed by atoms with van der Waals surface area (Å²) in [7, 11) is 0. The maximum atomic E-state index is 4.31. The molecule has 1 aromatic rings. The van der Waals surface area contributed by atoms with Gasteiger partial charge in [-0.15, -0.1) is 0 Å². The van der Waals surface area contributed by atoms with E-state index in [2.05, 4.69) is 36.2 Å². The molecule has 0 aromatic carbocycles. The van der Waals surface area contributed by atoms with Gasteiger partial charge in [0.2, 0.25) is 0 Å². The lowest BCUT2D eigenvalue weighted by Crippen LogP contribution is -2.28. The second-order valence-electron chi connectivity index (χ2n) is 4.43. The lowest BCUT2D eigenvalue weighted by molar-refractivity contribution is 0.442. The zero-order valence-corrected chi connectivity index (χ0v) is 11.4. The third-order valence-corrected chi connectivity index (χ3v) is 3.08. The topological polar surface area (TPSA) is 42.7 Å². The first-order valence-corrected chi connectivity index (χ1v) is 6.91. The Kier molecular flexibility index (Phi) is 6.86. The standard InChI is InChI=1S/C13H26N4/c1-4-8-12(14-5-2)9-7-10-13-15-11-16-17(13)6-3/h11-12,14H,4-10H2,1-3H3. The second-order valence-corrected chi connectivity index (χ2v) is 4.43. The molecule has 1 N–H and O–H groups in total. The summed E-state index contributed by atoms with van der Waals surface area (Å²) in [6, 6.07) is 0.669. The zero-order chi connectivity index (χ0) is 12.5. The van der Waals surface area contributed by atoms with Gasteiger partial charge in [-0.05, 0) is 32.7 Å². The summed E-state index contributed by atoms with van der Waals surface area (Å²) in [5.74, 6) is 1.12. The van der Waals surface area contributed by atoms with E-state index in [1.54, 1.807) is 6.33 Å². The highest BCUT2D eigenvalue weighted by atomic mass is 15.3. The average Bonchev–Trinajstić information content (AvgIpc) is 2.77. The van der Waals surface area contributed by atoms with Crippen LogP contribution < -0.4 is 5.32 Å². The first-order valence-electron chi connectivity index (χ1n) is 6.91. The Morgan fingerprint density at radius 3 is 2.76 bits per heavy atom. The Morgan fingerprint density at radius 1 is 1.29 bits per heavy atom. The van der Waals surface area contributed by atoms with Crippen molar-refractivity contribution >= 4 is 0 Å². The molecule has 0 bridgehead atoms. The molecule has 17 heavy (non-hydrogen) atoms. The molecule has 1 unspecified atom stereocenters. The molecule has 1 rings (SSSR count). The van der Waals surface area contributed by atoms with Crippen molar-refractivity contribution in [2.75, 3.05) is 6.54 Å². The van der Waals surface area contributed by atoms with Gasteiger partial charge in [-0.1, -0.05) is 20.3 Å². The molecule has 1 atom stereocenters. The third kappa shape index (κ3) is 4.86. The highest BCUT2D eigenvalue weighted by Gasteiger charge is 2.07. The van der Waals surface area contributed by atoms with E-state index in [1.807, 2.05) is 4.68 Å². The van der Waals surface area contributed by atoms with Crippen molar-refractivity contribution < 1.29 is 0 Å². The molecule has 0 aliphatic rings. The molecule has 4 nitrogen and oxygen atoms in total. The molecule has 0 amide bonds. The summed E-state index contributed by atoms with van der Waals surface area (Å²) >= 11 is 0. The van der Waals surface area contributed by atoms with Crippen molar-refractivity contribution in [3.05, 3.63) is 12.2 Å². The van der Waals surface area contributed by atoms with Crippen LogP contribution in [0.25, 0.3) is 0 Å². The van der Waals surface area contributed by atoms with E-state index < -0.39 is 0 Å². The van der Waals surface area contributed by atoms with Gasteiger partial charge in [0.05, 0.1) is 0 Å². The quantitative estimate of drug-likeness (QED) is 0.718. The fourth-order valence-electron chi connectivity index (χ4n) is 2.24. The van der Waals surface area contributed by atoms with E-state index >= 15 is 0 Å². The predicted molar refractivity (Wildman–Crippen MR) is 71.0 cm³/mol. The van der Waals surface area contributed by atoms with Gasteiger partial charge in [-0.25, -0.2) is 4.98 Å². The molecule has 0 aliphatic heterocycles. The smallest absolute Gasteiger partial charge is 0.138 e. The van der Waals surface area contributed by atoms with Gasteiger partial charge in [0, 0.05) is 19.0 Å². The van der Waals surface area contributed by atoms with E-state index in [0.29, 0.717) is 6.04 Å². The number of aromatic nitrogens is 3. The SMILES string of the molecule is CCCC(CCCc1ncnn1CC)NCC. The van der Waals surface area contributed by atoms with Gasteiger partial charge < -0.3 is 5.32 Å². The van der Waals surface area contributed by atoms with E-state index in [1.165, 1.54) is 25.7 Å². The number of nitrogens with one attached hydrogen (secondary N) is 1. The summed E-state index contributed by atoms with van der Waals surface area (Å²) in [5.41, 5.74) is 0. The molecule has 0 aliphatic carbocycles. The summed E-state index contributed by atoms with van der Waals surface area (Å²) in [5, 5.41) is 7.74. The lowest BCUT2D eigenvalue weighted by Gasteiger charge is -2.16. The zero-order valence-electron chi connectivity index (χ0n) is 11.4. The van der Waals surface area contributed by atoms with Crippen LogP contribution in [0.5, 0.6) is 0 Å². The first kappa shape index (κ1) is 14.2. The van der Waals surface area contributed by atoms with Crippen LogP contribution in [0, 0.1) is 0 Å². The minimum atomic E-state index is 0.669. The monoisotopic (exact) mass is 238 g/mol. The Balaban J connectivity index is 2.30. The summed E-state index contributed by atoms with van der Waals surface area (Å²) in [6.45, 7) is 8.52. The summed E-state index contributed by atoms with van der Waals surface area (Å²) < 4.78 is 1.99. The molecule has 0 fully saturated rings. The Labute approximate surface area is 105 Å². The molecule has 0 spiro atoms. The highest BCUT2D eigenvalue weighted by molar-refractivity contribution is 4.84. The van der Waals surface area contributed by atoms with Gasteiger partial charge in [0.15, 0.2) is 0 Å². The Morgan fingerprint density at radius 2 is 2.12 bits per heavy atom. The summed E-state index contributed by atoms with van der Waals surface area (Å²) in [6.07, 6.45) is 7.65. The minimum absolute atomic E-state index is 0.669. The van der Waals surface area contributed by atoms with E-state index in [0.717, 1.165) is 25.3 Å². The maximum absolute atomic E-state index is 4.31. The van der Waals surface area contributed by atoms with Gasteiger partial charge in [0.1, 0.15) is 12.2 Å². The fourth-order valence-corrected chi connectivity index (χ4v) is 2.24. The van der Waals surface area contributed by atoms with Crippen LogP contribution in [-0.4, -0.2) is 27.4 Å². The lowest BCUT2D eigenvalue weighted by atomic mass is 10.0. The molecule has 4 heteroatoms. The minimum Gasteiger partial charge on any atom is -0.314 e. The Hall–Kier alpha value is -0.900. The second kappa shape index (κ2) is 8.23. The van der Waals surface area contributed by atoms with Crippen molar-refractivity contribution in [3.63, 3.8) is 0 Å². The van der Waals surface area contributed by atoms with Crippen LogP contribution in [0.2, 0.25) is 0 Å². The van der Waals surface area contributed by atoms with E-state index in [4.69, 9.17) is 0 Å². The molecule has 0 saturated carbocycles. The largest absolute Gasteiger partial charge is 0.314 e. The Bertz CT molecular complexity index is 289. The van der Waals surface area contributed by atoms with Crippen LogP contribution >= 0.6 is 0 Å². The van der Waals surface area contributed by atoms with E-state index in [9.17, 15) is 0 Å². The van der Waals surface area contributed by atoms with Crippen molar-refractivity contribution in [1.29, 1.82) is 0 Å². The van der Waals surface area contributed by atoms with Crippen molar-refractivity contribution in [2.45, 2.75) is 65.5 Å². The molecule has 1 heterocycles. The fraction of sp³-hybridized carbons (Fsp3) is 0.846.